The van der Waals surface area contributed by atoms with Crippen LogP contribution in [0.4, 0.5) is 5.82 Å². The normalized spacial score (nSPS) is 19.2. The lowest BCUT2D eigenvalue weighted by atomic mass is 9.92. The number of likely N-dealkylation sites (tertiary alicyclic amines) is 1. The van der Waals surface area contributed by atoms with Crippen molar-refractivity contribution in [2.24, 2.45) is 5.41 Å². The summed E-state index contributed by atoms with van der Waals surface area (Å²) in [6.45, 7) is 3.55. The number of rotatable bonds is 4. The van der Waals surface area contributed by atoms with Gasteiger partial charge in [0.05, 0.1) is 35.5 Å². The van der Waals surface area contributed by atoms with Gasteiger partial charge in [0.15, 0.2) is 0 Å². The second-order valence-electron chi connectivity index (χ2n) is 7.11. The third-order valence-electron chi connectivity index (χ3n) is 4.99. The SMILES string of the molecule is CC1(C#N)CCN(C(=O)c2ccc(NCc3cnc4ccccn34)nc2)C1. The first-order valence-electron chi connectivity index (χ1n) is 8.89. The molecule has 4 heterocycles. The van der Waals surface area contributed by atoms with E-state index in [1.165, 1.54) is 0 Å². The van der Waals surface area contributed by atoms with Crippen molar-refractivity contribution < 1.29 is 4.79 Å². The zero-order valence-electron chi connectivity index (χ0n) is 15.1. The van der Waals surface area contributed by atoms with Gasteiger partial charge >= 0.3 is 0 Å². The lowest BCUT2D eigenvalue weighted by Crippen LogP contribution is -2.30. The van der Waals surface area contributed by atoms with Gasteiger partial charge in [0.25, 0.3) is 5.91 Å². The van der Waals surface area contributed by atoms with Crippen LogP contribution in [0, 0.1) is 16.7 Å². The molecule has 0 spiro atoms. The van der Waals surface area contributed by atoms with Crippen molar-refractivity contribution in [3.63, 3.8) is 0 Å². The number of hydrogen-bond acceptors (Lipinski definition) is 5. The van der Waals surface area contributed by atoms with Gasteiger partial charge in [0.1, 0.15) is 11.5 Å². The van der Waals surface area contributed by atoms with Gasteiger partial charge < -0.3 is 14.6 Å². The Morgan fingerprint density at radius 3 is 2.93 bits per heavy atom. The van der Waals surface area contributed by atoms with E-state index >= 15 is 0 Å². The average Bonchev–Trinajstić information content (AvgIpc) is 3.31. The van der Waals surface area contributed by atoms with Crippen LogP contribution in [0.15, 0.2) is 48.9 Å². The topological polar surface area (TPSA) is 86.3 Å². The maximum Gasteiger partial charge on any atom is 0.255 e. The van der Waals surface area contributed by atoms with Crippen molar-refractivity contribution in [2.45, 2.75) is 19.9 Å². The molecule has 0 aliphatic carbocycles. The van der Waals surface area contributed by atoms with Gasteiger partial charge in [-0.25, -0.2) is 9.97 Å². The maximum absolute atomic E-state index is 12.6. The van der Waals surface area contributed by atoms with E-state index in [2.05, 4.69) is 21.4 Å². The molecule has 4 rings (SSSR count). The Balaban J connectivity index is 1.40. The van der Waals surface area contributed by atoms with Crippen LogP contribution in [0.25, 0.3) is 5.65 Å². The van der Waals surface area contributed by atoms with Crippen molar-refractivity contribution in [2.75, 3.05) is 18.4 Å². The van der Waals surface area contributed by atoms with Crippen LogP contribution in [-0.2, 0) is 6.54 Å². The fourth-order valence-electron chi connectivity index (χ4n) is 3.33. The summed E-state index contributed by atoms with van der Waals surface area (Å²) in [5.74, 6) is 0.621. The minimum Gasteiger partial charge on any atom is -0.364 e. The highest BCUT2D eigenvalue weighted by Crippen LogP contribution is 2.29. The van der Waals surface area contributed by atoms with Crippen molar-refractivity contribution in [3.05, 3.63) is 60.2 Å². The number of imidazole rings is 1. The summed E-state index contributed by atoms with van der Waals surface area (Å²) < 4.78 is 2.02. The molecule has 1 fully saturated rings. The van der Waals surface area contributed by atoms with Crippen LogP contribution in [0.3, 0.4) is 0 Å². The Morgan fingerprint density at radius 2 is 2.19 bits per heavy atom. The van der Waals surface area contributed by atoms with Gasteiger partial charge in [-0.05, 0) is 37.6 Å². The number of carbonyl (C=O) groups excluding carboxylic acids is 1. The number of nitriles is 1. The van der Waals surface area contributed by atoms with Crippen LogP contribution < -0.4 is 5.32 Å². The first kappa shape index (κ1) is 17.0. The minimum absolute atomic E-state index is 0.0743. The van der Waals surface area contributed by atoms with Crippen LogP contribution in [0.1, 0.15) is 29.4 Å². The van der Waals surface area contributed by atoms with Crippen LogP contribution >= 0.6 is 0 Å². The molecule has 1 aliphatic heterocycles. The third kappa shape index (κ3) is 3.34. The molecule has 7 heteroatoms. The number of hydrogen-bond donors (Lipinski definition) is 1. The molecule has 3 aromatic rings. The molecule has 27 heavy (non-hydrogen) atoms. The monoisotopic (exact) mass is 360 g/mol. The molecule has 0 aromatic carbocycles. The Labute approximate surface area is 157 Å². The molecular formula is C20H20N6O. The van der Waals surface area contributed by atoms with Gasteiger partial charge in [-0.1, -0.05) is 6.07 Å². The molecule has 1 N–H and O–H groups in total. The van der Waals surface area contributed by atoms with E-state index in [0.29, 0.717) is 37.4 Å². The molecule has 7 nitrogen and oxygen atoms in total. The van der Waals surface area contributed by atoms with E-state index < -0.39 is 5.41 Å². The molecule has 1 unspecified atom stereocenters. The number of amides is 1. The summed E-state index contributed by atoms with van der Waals surface area (Å²) in [5, 5.41) is 12.5. The molecule has 0 radical (unpaired) electrons. The fourth-order valence-corrected chi connectivity index (χ4v) is 3.33. The Bertz CT molecular complexity index is 1020. The molecule has 3 aromatic heterocycles. The summed E-state index contributed by atoms with van der Waals surface area (Å²) in [5.41, 5.74) is 2.02. The van der Waals surface area contributed by atoms with Crippen LogP contribution in [0.5, 0.6) is 0 Å². The standard InChI is InChI=1S/C20H20N6O/c1-20(13-21)7-9-25(14-20)19(27)15-5-6-17(22-10-15)23-11-16-12-24-18-4-2-3-8-26(16)18/h2-6,8,10,12H,7,9,11,14H2,1H3,(H,22,23). The van der Waals surface area contributed by atoms with E-state index in [4.69, 9.17) is 0 Å². The number of anilines is 1. The summed E-state index contributed by atoms with van der Waals surface area (Å²) in [6.07, 6.45) is 6.10. The molecule has 1 atom stereocenters. The predicted octanol–water partition coefficient (Wildman–Crippen LogP) is 2.72. The predicted molar refractivity (Wildman–Crippen MR) is 101 cm³/mol. The quantitative estimate of drug-likeness (QED) is 0.773. The lowest BCUT2D eigenvalue weighted by Gasteiger charge is -2.18. The Kier molecular flexibility index (Phi) is 4.24. The van der Waals surface area contributed by atoms with Crippen molar-refractivity contribution >= 4 is 17.4 Å². The Hall–Kier alpha value is -3.40. The van der Waals surface area contributed by atoms with E-state index in [-0.39, 0.29) is 5.91 Å². The number of aromatic nitrogens is 3. The molecule has 0 saturated carbocycles. The van der Waals surface area contributed by atoms with E-state index in [1.54, 1.807) is 23.2 Å². The van der Waals surface area contributed by atoms with Gasteiger partial charge in [-0.15, -0.1) is 0 Å². The highest BCUT2D eigenvalue weighted by Gasteiger charge is 2.36. The van der Waals surface area contributed by atoms with Crippen LogP contribution in [0.2, 0.25) is 0 Å². The van der Waals surface area contributed by atoms with E-state index in [9.17, 15) is 10.1 Å². The number of fused-ring (bicyclic) bond motifs is 1. The zero-order valence-corrected chi connectivity index (χ0v) is 15.1. The number of nitrogens with one attached hydrogen (secondary N) is 1. The molecular weight excluding hydrogens is 340 g/mol. The largest absolute Gasteiger partial charge is 0.364 e. The number of pyridine rings is 2. The average molecular weight is 360 g/mol. The second-order valence-corrected chi connectivity index (χ2v) is 7.11. The lowest BCUT2D eigenvalue weighted by molar-refractivity contribution is 0.0782. The minimum atomic E-state index is -0.446. The summed E-state index contributed by atoms with van der Waals surface area (Å²) in [7, 11) is 0. The van der Waals surface area contributed by atoms with Crippen LogP contribution in [-0.4, -0.2) is 38.3 Å². The first-order valence-corrected chi connectivity index (χ1v) is 8.89. The third-order valence-corrected chi connectivity index (χ3v) is 4.99. The van der Waals surface area contributed by atoms with Gasteiger partial charge in [0, 0.05) is 25.5 Å². The Morgan fingerprint density at radius 1 is 1.30 bits per heavy atom. The second kappa shape index (κ2) is 6.72. The molecule has 1 saturated heterocycles. The maximum atomic E-state index is 12.6. The smallest absolute Gasteiger partial charge is 0.255 e. The highest BCUT2D eigenvalue weighted by atomic mass is 16.2. The molecule has 136 valence electrons. The summed E-state index contributed by atoms with van der Waals surface area (Å²) >= 11 is 0. The summed E-state index contributed by atoms with van der Waals surface area (Å²) in [4.78, 5) is 23.0. The summed E-state index contributed by atoms with van der Waals surface area (Å²) in [6, 6.07) is 11.8. The highest BCUT2D eigenvalue weighted by molar-refractivity contribution is 5.94. The zero-order chi connectivity index (χ0) is 18.9. The van der Waals surface area contributed by atoms with Crippen molar-refractivity contribution in [1.29, 1.82) is 5.26 Å². The molecule has 1 amide bonds. The van der Waals surface area contributed by atoms with Gasteiger partial charge in [0.2, 0.25) is 0 Å². The van der Waals surface area contributed by atoms with E-state index in [0.717, 1.165) is 11.3 Å². The van der Waals surface area contributed by atoms with Crippen molar-refractivity contribution in [3.8, 4) is 6.07 Å². The fraction of sp³-hybridized carbons (Fsp3) is 0.300. The number of carbonyl (C=O) groups is 1. The van der Waals surface area contributed by atoms with E-state index in [1.807, 2.05) is 41.9 Å². The number of nitrogens with zero attached hydrogens (tertiary/aromatic N) is 5. The van der Waals surface area contributed by atoms with Crippen molar-refractivity contribution in [1.82, 2.24) is 19.3 Å². The first-order chi connectivity index (χ1) is 13.1. The van der Waals surface area contributed by atoms with Gasteiger partial charge in [-0.2, -0.15) is 5.26 Å². The molecule has 1 aliphatic rings. The molecule has 0 bridgehead atoms. The van der Waals surface area contributed by atoms with Gasteiger partial charge in [-0.3, -0.25) is 4.79 Å².